The van der Waals surface area contributed by atoms with E-state index in [1.165, 1.54) is 13.2 Å². The molecule has 0 bridgehead atoms. The van der Waals surface area contributed by atoms with Crippen molar-refractivity contribution in [2.75, 3.05) is 11.8 Å². The first-order chi connectivity index (χ1) is 9.83. The van der Waals surface area contributed by atoms with Gasteiger partial charge in [-0.15, -0.1) is 0 Å². The average Bonchev–Trinajstić information content (AvgIpc) is 2.89. The van der Waals surface area contributed by atoms with E-state index in [2.05, 4.69) is 25.6 Å². The summed E-state index contributed by atoms with van der Waals surface area (Å²) < 4.78 is 32.3. The minimum absolute atomic E-state index is 0.160. The van der Waals surface area contributed by atoms with Gasteiger partial charge >= 0.3 is 5.97 Å². The maximum Gasteiger partial charge on any atom is 0.352 e. The molecule has 0 radical (unpaired) electrons. The Hall–Kier alpha value is -2.00. The summed E-state index contributed by atoms with van der Waals surface area (Å²) in [5.74, 6) is -0.670. The van der Waals surface area contributed by atoms with Crippen LogP contribution >= 0.6 is 15.9 Å². The van der Waals surface area contributed by atoms with Crippen molar-refractivity contribution in [3.63, 3.8) is 0 Å². The summed E-state index contributed by atoms with van der Waals surface area (Å²) in [6.45, 7) is 0. The van der Waals surface area contributed by atoms with Crippen molar-refractivity contribution < 1.29 is 23.1 Å². The second kappa shape index (κ2) is 5.78. The monoisotopic (exact) mass is 374 g/mol. The van der Waals surface area contributed by atoms with Crippen molar-refractivity contribution >= 4 is 37.6 Å². The minimum atomic E-state index is -3.87. The molecule has 0 atom stereocenters. The number of aromatic nitrogens is 1. The number of aromatic carboxylic acids is 1. The molecule has 21 heavy (non-hydrogen) atoms. The van der Waals surface area contributed by atoms with Gasteiger partial charge in [0.25, 0.3) is 10.0 Å². The smallest absolute Gasteiger partial charge is 0.352 e. The zero-order chi connectivity index (χ0) is 15.6. The van der Waals surface area contributed by atoms with Crippen LogP contribution in [0.2, 0.25) is 0 Å². The molecule has 0 aliphatic heterocycles. The molecule has 1 aromatic carbocycles. The van der Waals surface area contributed by atoms with Gasteiger partial charge in [0.2, 0.25) is 0 Å². The van der Waals surface area contributed by atoms with E-state index in [9.17, 15) is 13.2 Å². The second-order valence-electron chi connectivity index (χ2n) is 4.01. The Balaban J connectivity index is 2.28. The number of benzene rings is 1. The topological polar surface area (TPSA) is 108 Å². The fourth-order valence-corrected chi connectivity index (χ4v) is 3.18. The van der Waals surface area contributed by atoms with Crippen LogP contribution in [-0.4, -0.2) is 31.6 Å². The van der Waals surface area contributed by atoms with E-state index in [0.29, 0.717) is 15.9 Å². The van der Waals surface area contributed by atoms with Gasteiger partial charge in [-0.2, -0.15) is 0 Å². The normalized spacial score (nSPS) is 11.1. The van der Waals surface area contributed by atoms with Crippen LogP contribution in [0.1, 0.15) is 10.5 Å². The van der Waals surface area contributed by atoms with Gasteiger partial charge in [0.05, 0.1) is 17.3 Å². The molecule has 3 N–H and O–H groups in total. The van der Waals surface area contributed by atoms with Crippen LogP contribution in [0.5, 0.6) is 5.75 Å². The fourth-order valence-electron chi connectivity index (χ4n) is 1.60. The summed E-state index contributed by atoms with van der Waals surface area (Å²) in [4.78, 5) is 13.0. The lowest BCUT2D eigenvalue weighted by molar-refractivity contribution is 0.0691. The highest BCUT2D eigenvalue weighted by atomic mass is 79.9. The molecule has 1 aromatic heterocycles. The van der Waals surface area contributed by atoms with Gasteiger partial charge in [-0.05, 0) is 40.2 Å². The van der Waals surface area contributed by atoms with Crippen molar-refractivity contribution in [2.24, 2.45) is 0 Å². The van der Waals surface area contributed by atoms with E-state index >= 15 is 0 Å². The molecular formula is C12H11BrN2O5S. The van der Waals surface area contributed by atoms with E-state index in [-0.39, 0.29) is 10.6 Å². The fraction of sp³-hybridized carbons (Fsp3) is 0.0833. The van der Waals surface area contributed by atoms with E-state index in [0.717, 1.165) is 12.3 Å². The number of ether oxygens (including phenoxy) is 1. The molecule has 0 spiro atoms. The van der Waals surface area contributed by atoms with Crippen molar-refractivity contribution in [1.82, 2.24) is 4.98 Å². The third kappa shape index (κ3) is 3.37. The van der Waals surface area contributed by atoms with E-state index in [1.54, 1.807) is 12.1 Å². The molecule has 0 amide bonds. The first kappa shape index (κ1) is 15.4. The lowest BCUT2D eigenvalue weighted by Gasteiger charge is -2.09. The van der Waals surface area contributed by atoms with Crippen LogP contribution in [0.25, 0.3) is 0 Å². The van der Waals surface area contributed by atoms with Crippen molar-refractivity contribution in [2.45, 2.75) is 4.90 Å². The first-order valence-electron chi connectivity index (χ1n) is 5.61. The summed E-state index contributed by atoms with van der Waals surface area (Å²) in [5, 5.41) is 8.78. The first-order valence-corrected chi connectivity index (χ1v) is 7.89. The second-order valence-corrected chi connectivity index (χ2v) is 6.55. The average molecular weight is 375 g/mol. The molecule has 0 aliphatic rings. The molecule has 7 nitrogen and oxygen atoms in total. The third-order valence-corrected chi connectivity index (χ3v) is 4.58. The molecule has 0 unspecified atom stereocenters. The Kier molecular flexibility index (Phi) is 4.24. The van der Waals surface area contributed by atoms with Gasteiger partial charge < -0.3 is 14.8 Å². The maximum absolute atomic E-state index is 12.1. The van der Waals surface area contributed by atoms with Gasteiger partial charge in [-0.25, -0.2) is 13.2 Å². The van der Waals surface area contributed by atoms with E-state index in [4.69, 9.17) is 9.84 Å². The number of H-pyrrole nitrogens is 1. The summed E-state index contributed by atoms with van der Waals surface area (Å²) in [7, 11) is -2.37. The molecule has 0 saturated heterocycles. The Labute approximate surface area is 129 Å². The predicted octanol–water partition coefficient (Wildman–Crippen LogP) is 2.28. The number of carboxylic acid groups (broad SMARTS) is 1. The Morgan fingerprint density at radius 3 is 2.62 bits per heavy atom. The summed E-state index contributed by atoms with van der Waals surface area (Å²) in [6, 6.07) is 5.72. The number of hydrogen-bond acceptors (Lipinski definition) is 4. The molecule has 2 aromatic rings. The minimum Gasteiger partial charge on any atom is -0.496 e. The number of carbonyl (C=O) groups is 1. The molecule has 0 saturated carbocycles. The standard InChI is InChI=1S/C12H11BrN2O5S/c1-20-11-3-2-7(4-9(11)13)15-21(18,19)8-5-10(12(16)17)14-6-8/h2-6,14-15H,1H3,(H,16,17). The van der Waals surface area contributed by atoms with Crippen LogP contribution in [0.15, 0.2) is 39.8 Å². The molecule has 112 valence electrons. The number of rotatable bonds is 5. The predicted molar refractivity (Wildman–Crippen MR) is 79.3 cm³/mol. The van der Waals surface area contributed by atoms with Gasteiger partial charge in [0, 0.05) is 6.20 Å². The highest BCUT2D eigenvalue weighted by molar-refractivity contribution is 9.10. The SMILES string of the molecule is COc1ccc(NS(=O)(=O)c2c[nH]c(C(=O)O)c2)cc1Br. The molecule has 0 fully saturated rings. The van der Waals surface area contributed by atoms with Crippen molar-refractivity contribution in [3.05, 3.63) is 40.6 Å². The number of sulfonamides is 1. The Morgan fingerprint density at radius 2 is 2.10 bits per heavy atom. The van der Waals surface area contributed by atoms with Gasteiger partial charge in [-0.1, -0.05) is 0 Å². The van der Waals surface area contributed by atoms with Crippen LogP contribution in [0.4, 0.5) is 5.69 Å². The maximum atomic E-state index is 12.1. The number of aromatic amines is 1. The molecule has 1 heterocycles. The molecule has 9 heteroatoms. The Morgan fingerprint density at radius 1 is 1.38 bits per heavy atom. The van der Waals surface area contributed by atoms with Crippen LogP contribution in [0, 0.1) is 0 Å². The zero-order valence-electron chi connectivity index (χ0n) is 10.8. The van der Waals surface area contributed by atoms with Crippen molar-refractivity contribution in [3.8, 4) is 5.75 Å². The third-order valence-electron chi connectivity index (χ3n) is 2.60. The quantitative estimate of drug-likeness (QED) is 0.743. The highest BCUT2D eigenvalue weighted by Gasteiger charge is 2.18. The number of halogens is 1. The van der Waals surface area contributed by atoms with E-state index < -0.39 is 16.0 Å². The number of hydrogen-bond donors (Lipinski definition) is 3. The number of carboxylic acids is 1. The van der Waals surface area contributed by atoms with Crippen LogP contribution in [0.3, 0.4) is 0 Å². The number of anilines is 1. The summed E-state index contributed by atoms with van der Waals surface area (Å²) >= 11 is 3.25. The van der Waals surface area contributed by atoms with Gasteiger partial charge in [0.1, 0.15) is 16.3 Å². The molecule has 2 rings (SSSR count). The summed E-state index contributed by atoms with van der Waals surface area (Å²) in [5.41, 5.74) is 0.118. The zero-order valence-corrected chi connectivity index (χ0v) is 13.2. The lowest BCUT2D eigenvalue weighted by Crippen LogP contribution is -2.12. The molecule has 0 aliphatic carbocycles. The number of nitrogens with one attached hydrogen (secondary N) is 2. The highest BCUT2D eigenvalue weighted by Crippen LogP contribution is 2.28. The van der Waals surface area contributed by atoms with E-state index in [1.807, 2.05) is 0 Å². The Bertz CT molecular complexity index is 785. The van der Waals surface area contributed by atoms with Gasteiger partial charge in [-0.3, -0.25) is 4.72 Å². The lowest BCUT2D eigenvalue weighted by atomic mass is 10.3. The summed E-state index contributed by atoms with van der Waals surface area (Å²) in [6.07, 6.45) is 1.12. The number of methoxy groups -OCH3 is 1. The molecular weight excluding hydrogens is 364 g/mol. The van der Waals surface area contributed by atoms with Gasteiger partial charge in [0.15, 0.2) is 0 Å². The van der Waals surface area contributed by atoms with Crippen LogP contribution < -0.4 is 9.46 Å². The van der Waals surface area contributed by atoms with Crippen molar-refractivity contribution in [1.29, 1.82) is 0 Å². The largest absolute Gasteiger partial charge is 0.496 e. The van der Waals surface area contributed by atoms with Crippen LogP contribution in [-0.2, 0) is 10.0 Å².